The van der Waals surface area contributed by atoms with E-state index in [-0.39, 0.29) is 23.8 Å². The second-order valence-electron chi connectivity index (χ2n) is 7.25. The predicted octanol–water partition coefficient (Wildman–Crippen LogP) is 1.53. The van der Waals surface area contributed by atoms with Crippen LogP contribution in [0.3, 0.4) is 0 Å². The van der Waals surface area contributed by atoms with Crippen LogP contribution in [-0.4, -0.2) is 56.2 Å². The standard InChI is InChI=1S/C21H19FN6O2/c22-16-4-5-17-15(11-16)12-18-21(30)28(24-14-27(17)18)13-20(29)26-9-7-25(8-10-26)19-3-1-2-6-23-19/h1-6,11-12,14H,7-10,13H2. The average Bonchev–Trinajstić information content (AvgIpc) is 3.14. The van der Waals surface area contributed by atoms with Gasteiger partial charge in [0, 0.05) is 37.8 Å². The molecular formula is C21H19FN6O2. The molecule has 0 atom stereocenters. The lowest BCUT2D eigenvalue weighted by atomic mass is 10.2. The molecule has 9 heteroatoms. The van der Waals surface area contributed by atoms with E-state index in [4.69, 9.17) is 0 Å². The van der Waals surface area contributed by atoms with E-state index in [0.29, 0.717) is 42.6 Å². The number of halogens is 1. The molecule has 5 rings (SSSR count). The molecule has 0 N–H and O–H groups in total. The van der Waals surface area contributed by atoms with E-state index in [2.05, 4.69) is 15.0 Å². The van der Waals surface area contributed by atoms with Gasteiger partial charge in [0.2, 0.25) is 5.91 Å². The summed E-state index contributed by atoms with van der Waals surface area (Å²) in [7, 11) is 0. The molecule has 1 amide bonds. The maximum atomic E-state index is 13.5. The number of piperazine rings is 1. The Morgan fingerprint density at radius 1 is 1.03 bits per heavy atom. The van der Waals surface area contributed by atoms with Gasteiger partial charge in [-0.1, -0.05) is 6.07 Å². The van der Waals surface area contributed by atoms with Crippen molar-refractivity contribution in [1.82, 2.24) is 24.1 Å². The molecule has 3 aromatic heterocycles. The van der Waals surface area contributed by atoms with Gasteiger partial charge in [0.25, 0.3) is 5.56 Å². The highest BCUT2D eigenvalue weighted by Gasteiger charge is 2.23. The van der Waals surface area contributed by atoms with Crippen molar-refractivity contribution in [2.45, 2.75) is 6.54 Å². The van der Waals surface area contributed by atoms with Gasteiger partial charge < -0.3 is 9.80 Å². The quantitative estimate of drug-likeness (QED) is 0.516. The number of amides is 1. The van der Waals surface area contributed by atoms with Crippen molar-refractivity contribution in [1.29, 1.82) is 0 Å². The molecule has 1 aliphatic rings. The van der Waals surface area contributed by atoms with Crippen LogP contribution in [0.25, 0.3) is 16.4 Å². The van der Waals surface area contributed by atoms with Crippen molar-refractivity contribution in [3.63, 3.8) is 0 Å². The fourth-order valence-corrected chi connectivity index (χ4v) is 3.86. The van der Waals surface area contributed by atoms with Gasteiger partial charge in [-0.15, -0.1) is 0 Å². The Morgan fingerprint density at radius 3 is 2.63 bits per heavy atom. The van der Waals surface area contributed by atoms with Crippen LogP contribution in [-0.2, 0) is 11.3 Å². The number of pyridine rings is 1. The van der Waals surface area contributed by atoms with Crippen molar-refractivity contribution in [3.05, 3.63) is 71.2 Å². The minimum atomic E-state index is -0.380. The lowest BCUT2D eigenvalue weighted by Crippen LogP contribution is -2.50. The molecule has 1 aromatic carbocycles. The van der Waals surface area contributed by atoms with E-state index >= 15 is 0 Å². The Morgan fingerprint density at radius 2 is 1.87 bits per heavy atom. The van der Waals surface area contributed by atoms with Gasteiger partial charge in [-0.05, 0) is 36.4 Å². The third-order valence-electron chi connectivity index (χ3n) is 5.45. The van der Waals surface area contributed by atoms with Crippen molar-refractivity contribution < 1.29 is 9.18 Å². The van der Waals surface area contributed by atoms with Gasteiger partial charge in [0.1, 0.15) is 30.0 Å². The van der Waals surface area contributed by atoms with Gasteiger partial charge in [0.15, 0.2) is 0 Å². The Hall–Kier alpha value is -3.75. The molecule has 0 aliphatic carbocycles. The molecule has 0 spiro atoms. The second kappa shape index (κ2) is 7.25. The first-order chi connectivity index (χ1) is 14.6. The van der Waals surface area contributed by atoms with E-state index < -0.39 is 0 Å². The number of carbonyl (C=O) groups excluding carboxylic acids is 1. The normalized spacial score (nSPS) is 14.6. The zero-order valence-electron chi connectivity index (χ0n) is 16.1. The Kier molecular flexibility index (Phi) is 4.42. The number of benzene rings is 1. The lowest BCUT2D eigenvalue weighted by Gasteiger charge is -2.35. The summed E-state index contributed by atoms with van der Waals surface area (Å²) in [5.41, 5.74) is 0.674. The van der Waals surface area contributed by atoms with Crippen LogP contribution in [0, 0.1) is 5.82 Å². The zero-order valence-corrected chi connectivity index (χ0v) is 16.1. The number of fused-ring (bicyclic) bond motifs is 3. The monoisotopic (exact) mass is 406 g/mol. The molecule has 4 aromatic rings. The number of aromatic nitrogens is 4. The minimum absolute atomic E-state index is 0.130. The number of hydrogen-bond donors (Lipinski definition) is 0. The molecule has 152 valence electrons. The van der Waals surface area contributed by atoms with Crippen molar-refractivity contribution in [2.24, 2.45) is 0 Å². The molecule has 30 heavy (non-hydrogen) atoms. The van der Waals surface area contributed by atoms with Crippen molar-refractivity contribution in [3.8, 4) is 0 Å². The van der Waals surface area contributed by atoms with Gasteiger partial charge in [-0.3, -0.25) is 14.0 Å². The Balaban J connectivity index is 1.33. The number of carbonyl (C=O) groups is 1. The van der Waals surface area contributed by atoms with E-state index in [1.54, 1.807) is 27.6 Å². The van der Waals surface area contributed by atoms with Crippen LogP contribution in [0.1, 0.15) is 0 Å². The summed E-state index contributed by atoms with van der Waals surface area (Å²) >= 11 is 0. The Bertz CT molecular complexity index is 1290. The first kappa shape index (κ1) is 18.3. The van der Waals surface area contributed by atoms with Crippen molar-refractivity contribution in [2.75, 3.05) is 31.1 Å². The van der Waals surface area contributed by atoms with Crippen LogP contribution in [0.15, 0.2) is 59.8 Å². The van der Waals surface area contributed by atoms with Gasteiger partial charge >= 0.3 is 0 Å². The van der Waals surface area contributed by atoms with Crippen molar-refractivity contribution >= 4 is 28.1 Å². The number of nitrogens with zero attached hydrogens (tertiary/aromatic N) is 6. The molecule has 0 radical (unpaired) electrons. The maximum Gasteiger partial charge on any atom is 0.291 e. The number of hydrogen-bond acceptors (Lipinski definition) is 5. The molecule has 0 saturated carbocycles. The summed E-state index contributed by atoms with van der Waals surface area (Å²) in [4.78, 5) is 33.8. The molecule has 1 aliphatic heterocycles. The first-order valence-corrected chi connectivity index (χ1v) is 9.70. The van der Waals surface area contributed by atoms with E-state index in [1.807, 2.05) is 18.2 Å². The summed E-state index contributed by atoms with van der Waals surface area (Å²) in [5.74, 6) is 0.369. The fraction of sp³-hybridized carbons (Fsp3) is 0.238. The average molecular weight is 406 g/mol. The highest BCUT2D eigenvalue weighted by Crippen LogP contribution is 2.19. The molecule has 0 unspecified atom stereocenters. The van der Waals surface area contributed by atoms with E-state index in [9.17, 15) is 14.0 Å². The van der Waals surface area contributed by atoms with Gasteiger partial charge in [0.05, 0.1) is 5.52 Å². The van der Waals surface area contributed by atoms with Gasteiger partial charge in [-0.25, -0.2) is 14.1 Å². The second-order valence-corrected chi connectivity index (χ2v) is 7.25. The third-order valence-corrected chi connectivity index (χ3v) is 5.45. The van der Waals surface area contributed by atoms with Crippen LogP contribution in [0.4, 0.5) is 10.2 Å². The van der Waals surface area contributed by atoms with E-state index in [1.165, 1.54) is 18.5 Å². The van der Waals surface area contributed by atoms with Crippen LogP contribution in [0.5, 0.6) is 0 Å². The SMILES string of the molecule is O=C(Cn1ncn2c(cc3cc(F)ccc32)c1=O)N1CCN(c2ccccn2)CC1. The zero-order chi connectivity index (χ0) is 20.7. The van der Waals surface area contributed by atoms with E-state index in [0.717, 1.165) is 10.5 Å². The molecule has 8 nitrogen and oxygen atoms in total. The highest BCUT2D eigenvalue weighted by atomic mass is 19.1. The minimum Gasteiger partial charge on any atom is -0.353 e. The molecular weight excluding hydrogens is 387 g/mol. The van der Waals surface area contributed by atoms with Crippen LogP contribution in [0.2, 0.25) is 0 Å². The molecule has 1 saturated heterocycles. The van der Waals surface area contributed by atoms with Crippen LogP contribution >= 0.6 is 0 Å². The topological polar surface area (TPSA) is 75.7 Å². The van der Waals surface area contributed by atoms with Gasteiger partial charge in [-0.2, -0.15) is 5.10 Å². The van der Waals surface area contributed by atoms with Crippen LogP contribution < -0.4 is 10.5 Å². The first-order valence-electron chi connectivity index (χ1n) is 9.70. The molecule has 0 bridgehead atoms. The lowest BCUT2D eigenvalue weighted by molar-refractivity contribution is -0.132. The number of rotatable bonds is 3. The molecule has 4 heterocycles. The maximum absolute atomic E-state index is 13.5. The summed E-state index contributed by atoms with van der Waals surface area (Å²) < 4.78 is 16.3. The fourth-order valence-electron chi connectivity index (χ4n) is 3.86. The summed E-state index contributed by atoms with van der Waals surface area (Å²) in [6.45, 7) is 2.34. The highest BCUT2D eigenvalue weighted by molar-refractivity contribution is 5.86. The largest absolute Gasteiger partial charge is 0.353 e. The molecule has 1 fully saturated rings. The summed E-state index contributed by atoms with van der Waals surface area (Å²) in [6, 6.07) is 11.7. The summed E-state index contributed by atoms with van der Waals surface area (Å²) in [5, 5.41) is 4.77. The Labute approximate surface area is 170 Å². The predicted molar refractivity (Wildman–Crippen MR) is 110 cm³/mol. The summed E-state index contributed by atoms with van der Waals surface area (Å²) in [6.07, 6.45) is 3.24. The number of anilines is 1. The third kappa shape index (κ3) is 3.18. The smallest absolute Gasteiger partial charge is 0.291 e.